The maximum atomic E-state index is 3.25. The van der Waals surface area contributed by atoms with Crippen molar-refractivity contribution in [2.45, 2.75) is 78.3 Å². The van der Waals surface area contributed by atoms with Crippen LogP contribution >= 0.6 is 0 Å². The Morgan fingerprint density at radius 2 is 0.818 bits per heavy atom. The second kappa shape index (κ2) is 7.78. The molecule has 1 saturated heterocycles. The van der Waals surface area contributed by atoms with E-state index in [1.165, 1.54) is 38.5 Å². The fraction of sp³-hybridized carbons (Fsp3) is 1.00. The van der Waals surface area contributed by atoms with Gasteiger partial charge in [0.15, 0.2) is 0 Å². The Hall–Kier alpha value is 0.788. The molecular weight excluding hydrogens is 333 g/mol. The van der Waals surface area contributed by atoms with Crippen molar-refractivity contribution < 1.29 is 0 Å². The van der Waals surface area contributed by atoms with Crippen LogP contribution in [0.4, 0.5) is 0 Å². The summed E-state index contributed by atoms with van der Waals surface area (Å²) in [6.07, 6.45) is 9.12. The van der Waals surface area contributed by atoms with Crippen LogP contribution in [0.1, 0.15) is 66.2 Å². The fourth-order valence-electron chi connectivity index (χ4n) is 6.10. The first-order valence-electron chi connectivity index (χ1n) is 10.1. The minimum Gasteiger partial charge on any atom is -0.355 e. The van der Waals surface area contributed by atoms with Crippen molar-refractivity contribution in [3.05, 3.63) is 0 Å². The van der Waals surface area contributed by atoms with Gasteiger partial charge >= 0.3 is 0 Å². The van der Waals surface area contributed by atoms with E-state index in [9.17, 15) is 0 Å². The van der Waals surface area contributed by atoms with Gasteiger partial charge in [-0.3, -0.25) is 0 Å². The molecule has 0 radical (unpaired) electrons. The Morgan fingerprint density at radius 1 is 0.545 bits per heavy atom. The van der Waals surface area contributed by atoms with E-state index < -0.39 is 0 Å². The first kappa shape index (κ1) is 17.6. The topological polar surface area (TPSA) is 6.48 Å². The molecule has 2 saturated carbocycles. The Bertz CT molecular complexity index is 308. The van der Waals surface area contributed by atoms with Gasteiger partial charge in [0.05, 0.1) is 36.8 Å². The van der Waals surface area contributed by atoms with Crippen LogP contribution in [-0.4, -0.2) is 57.3 Å². The minimum absolute atomic E-state index is 0.171. The van der Waals surface area contributed by atoms with Gasteiger partial charge in [0, 0.05) is 12.1 Å². The van der Waals surface area contributed by atoms with Crippen LogP contribution in [-0.2, 0) is 0 Å². The summed E-state index contributed by atoms with van der Waals surface area (Å²) in [5.74, 6) is 4.08. The van der Waals surface area contributed by atoms with E-state index in [0.29, 0.717) is 0 Å². The van der Waals surface area contributed by atoms with E-state index in [4.69, 9.17) is 0 Å². The van der Waals surface area contributed by atoms with Crippen LogP contribution in [0.3, 0.4) is 0 Å². The number of hydrogen-bond acceptors (Lipinski definition) is 2. The highest BCUT2D eigenvalue weighted by molar-refractivity contribution is 7.15. The van der Waals surface area contributed by atoms with E-state index in [1.807, 2.05) is 0 Å². The molecule has 2 nitrogen and oxygen atoms in total. The summed E-state index contributed by atoms with van der Waals surface area (Å²) in [7, 11) is 0.683. The van der Waals surface area contributed by atoms with E-state index >= 15 is 0 Å². The molecule has 22 heavy (non-hydrogen) atoms. The zero-order chi connectivity index (χ0) is 15.7. The van der Waals surface area contributed by atoms with Gasteiger partial charge in [0.1, 0.15) is 0 Å². The molecule has 0 N–H and O–H groups in total. The summed E-state index contributed by atoms with van der Waals surface area (Å²) in [6.45, 7) is 10.3. The average Bonchev–Trinajstić information content (AvgIpc) is 2.48. The standard InChI is InChI=1S/C16H38N2Si4/c1-11-7-5-8-12(2)15(11)17-19-21-18(22-20-17)16-13(3)9-6-10-14(16)4/h11-16H,5-10,19-22H2,1-4H3. The second-order valence-electron chi connectivity index (χ2n) is 8.82. The smallest absolute Gasteiger partial charge is 0.0885 e. The lowest BCUT2D eigenvalue weighted by molar-refractivity contribution is 0.176. The lowest BCUT2D eigenvalue weighted by atomic mass is 9.79. The molecule has 0 aromatic rings. The SMILES string of the molecule is CC1CCCC(C)C1N1[SiH2][SiH2]N(C2C(C)CCCC2C)[SiH2][SiH2]1. The van der Waals surface area contributed by atoms with Crippen LogP contribution in [0.2, 0.25) is 0 Å². The van der Waals surface area contributed by atoms with Crippen molar-refractivity contribution in [1.82, 2.24) is 8.46 Å². The van der Waals surface area contributed by atoms with Crippen LogP contribution in [0.15, 0.2) is 0 Å². The highest BCUT2D eigenvalue weighted by Crippen LogP contribution is 2.34. The quantitative estimate of drug-likeness (QED) is 0.650. The van der Waals surface area contributed by atoms with Gasteiger partial charge in [0.2, 0.25) is 0 Å². The summed E-state index contributed by atoms with van der Waals surface area (Å²) in [5.41, 5.74) is 0. The normalized spacial score (nSPS) is 50.2. The van der Waals surface area contributed by atoms with Gasteiger partial charge in [-0.05, 0) is 49.4 Å². The van der Waals surface area contributed by atoms with E-state index in [-0.39, 0.29) is 36.8 Å². The zero-order valence-corrected chi connectivity index (χ0v) is 21.1. The summed E-state index contributed by atoms with van der Waals surface area (Å²) < 4.78 is 6.50. The van der Waals surface area contributed by atoms with Crippen molar-refractivity contribution in [3.8, 4) is 0 Å². The average molecular weight is 371 g/mol. The molecule has 128 valence electrons. The first-order valence-corrected chi connectivity index (χ1v) is 20.6. The fourth-order valence-corrected chi connectivity index (χ4v) is 40.8. The van der Waals surface area contributed by atoms with Gasteiger partial charge < -0.3 is 8.46 Å². The van der Waals surface area contributed by atoms with Crippen molar-refractivity contribution in [1.29, 1.82) is 0 Å². The highest BCUT2D eigenvalue weighted by Gasteiger charge is 2.38. The van der Waals surface area contributed by atoms with Crippen LogP contribution < -0.4 is 0 Å². The van der Waals surface area contributed by atoms with Crippen molar-refractivity contribution in [2.24, 2.45) is 23.7 Å². The number of nitrogens with zero attached hydrogens (tertiary/aromatic N) is 2. The van der Waals surface area contributed by atoms with Gasteiger partial charge in [0.25, 0.3) is 0 Å². The van der Waals surface area contributed by atoms with Crippen molar-refractivity contribution in [3.63, 3.8) is 0 Å². The lowest BCUT2D eigenvalue weighted by Crippen LogP contribution is -2.65. The molecule has 3 aliphatic rings. The molecule has 2 aliphatic carbocycles. The van der Waals surface area contributed by atoms with Crippen molar-refractivity contribution >= 4 is 36.8 Å². The van der Waals surface area contributed by atoms with Crippen LogP contribution in [0.5, 0.6) is 0 Å². The third-order valence-corrected chi connectivity index (χ3v) is 31.0. The molecule has 4 atom stereocenters. The summed E-state index contributed by atoms with van der Waals surface area (Å²) in [4.78, 5) is 0. The molecule has 1 heterocycles. The molecule has 0 bridgehead atoms. The van der Waals surface area contributed by atoms with Crippen LogP contribution in [0.25, 0.3) is 0 Å². The Balaban J connectivity index is 1.57. The zero-order valence-electron chi connectivity index (χ0n) is 15.4. The largest absolute Gasteiger partial charge is 0.355 e. The van der Waals surface area contributed by atoms with Gasteiger partial charge in [-0.2, -0.15) is 0 Å². The summed E-state index contributed by atoms with van der Waals surface area (Å²) in [5, 5.41) is 0. The third kappa shape index (κ3) is 3.72. The molecule has 1 aliphatic heterocycles. The molecule has 0 aromatic heterocycles. The predicted molar refractivity (Wildman–Crippen MR) is 110 cm³/mol. The maximum Gasteiger partial charge on any atom is 0.0885 e. The minimum atomic E-state index is 0.171. The molecule has 6 heteroatoms. The lowest BCUT2D eigenvalue weighted by Gasteiger charge is -2.50. The Morgan fingerprint density at radius 3 is 1.09 bits per heavy atom. The molecule has 0 amide bonds. The molecule has 3 fully saturated rings. The number of rotatable bonds is 2. The number of hydrogen-bond donors (Lipinski definition) is 0. The highest BCUT2D eigenvalue weighted by atomic mass is 29.2. The van der Waals surface area contributed by atoms with Gasteiger partial charge in [-0.25, -0.2) is 0 Å². The summed E-state index contributed by atoms with van der Waals surface area (Å²) in [6, 6.07) is 2.10. The summed E-state index contributed by atoms with van der Waals surface area (Å²) >= 11 is 0. The first-order chi connectivity index (χ1) is 10.6. The van der Waals surface area contributed by atoms with E-state index in [2.05, 4.69) is 36.2 Å². The monoisotopic (exact) mass is 370 g/mol. The van der Waals surface area contributed by atoms with Crippen molar-refractivity contribution in [2.75, 3.05) is 0 Å². The Kier molecular flexibility index (Phi) is 6.23. The molecule has 4 unspecified atom stereocenters. The third-order valence-electron chi connectivity index (χ3n) is 7.16. The molecule has 3 rings (SSSR count). The molecular formula is C16H38N2Si4. The second-order valence-corrected chi connectivity index (χ2v) is 21.0. The molecule has 0 spiro atoms. The molecule has 0 aromatic carbocycles. The van der Waals surface area contributed by atoms with E-state index in [1.54, 1.807) is 0 Å². The van der Waals surface area contributed by atoms with Gasteiger partial charge in [-0.15, -0.1) is 0 Å². The maximum absolute atomic E-state index is 3.25. The Labute approximate surface area is 147 Å². The van der Waals surface area contributed by atoms with Gasteiger partial charge in [-0.1, -0.05) is 40.5 Å². The predicted octanol–water partition coefficient (Wildman–Crippen LogP) is 0.419. The van der Waals surface area contributed by atoms with Crippen LogP contribution in [0, 0.1) is 23.7 Å². The van der Waals surface area contributed by atoms with E-state index in [0.717, 1.165) is 35.8 Å².